The summed E-state index contributed by atoms with van der Waals surface area (Å²) in [6.07, 6.45) is 0.574. The van der Waals surface area contributed by atoms with E-state index >= 15 is 0 Å². The summed E-state index contributed by atoms with van der Waals surface area (Å²) in [5, 5.41) is 8.97. The van der Waals surface area contributed by atoms with Crippen molar-refractivity contribution in [2.24, 2.45) is 0 Å². The number of nitrogens with zero attached hydrogens (tertiary/aromatic N) is 2. The van der Waals surface area contributed by atoms with Crippen LogP contribution in [0, 0.1) is 0 Å². The number of carbonyl (C=O) groups excluding carboxylic acids is 1. The fourth-order valence-electron chi connectivity index (χ4n) is 2.74. The molecule has 2 rings (SSSR count). The number of piperazine rings is 1. The third kappa shape index (κ3) is 6.16. The van der Waals surface area contributed by atoms with Crippen molar-refractivity contribution in [3.8, 4) is 0 Å². The molecule has 0 bridgehead atoms. The topological polar surface area (TPSA) is 43.8 Å². The van der Waals surface area contributed by atoms with E-state index in [4.69, 9.17) is 5.11 Å². The van der Waals surface area contributed by atoms with Crippen molar-refractivity contribution in [1.29, 1.82) is 0 Å². The van der Waals surface area contributed by atoms with Crippen molar-refractivity contribution < 1.29 is 9.90 Å². The van der Waals surface area contributed by atoms with Crippen molar-refractivity contribution in [1.82, 2.24) is 9.80 Å². The van der Waals surface area contributed by atoms with Gasteiger partial charge in [-0.3, -0.25) is 9.69 Å². The molecule has 0 unspecified atom stereocenters. The van der Waals surface area contributed by atoms with E-state index in [9.17, 15) is 4.79 Å². The number of aliphatic hydroxyl groups excluding tert-OH is 1. The van der Waals surface area contributed by atoms with Crippen LogP contribution in [-0.2, 0) is 10.5 Å². The minimum atomic E-state index is -0.0604. The van der Waals surface area contributed by atoms with Crippen molar-refractivity contribution >= 4 is 17.7 Å². The van der Waals surface area contributed by atoms with Gasteiger partial charge in [0.2, 0.25) is 5.91 Å². The van der Waals surface area contributed by atoms with Gasteiger partial charge in [0, 0.05) is 49.6 Å². The molecule has 1 heterocycles. The fraction of sp³-hybridized carbons (Fsp3) is 0.611. The largest absolute Gasteiger partial charge is 0.395 e. The van der Waals surface area contributed by atoms with E-state index in [0.717, 1.165) is 31.9 Å². The maximum absolute atomic E-state index is 12.5. The first-order valence-electron chi connectivity index (χ1n) is 8.29. The summed E-state index contributed by atoms with van der Waals surface area (Å²) < 4.78 is -0.0604. The highest BCUT2D eigenvalue weighted by Gasteiger charge is 2.27. The average Bonchev–Trinajstić information content (AvgIpc) is 2.55. The van der Waals surface area contributed by atoms with Gasteiger partial charge in [-0.15, -0.1) is 0 Å². The second-order valence-corrected chi connectivity index (χ2v) is 8.34. The molecule has 1 amide bonds. The number of hydrogen-bond donors (Lipinski definition) is 1. The Morgan fingerprint density at radius 2 is 1.83 bits per heavy atom. The number of hydrogen-bond acceptors (Lipinski definition) is 4. The molecule has 1 aromatic rings. The lowest BCUT2D eigenvalue weighted by Gasteiger charge is -2.36. The summed E-state index contributed by atoms with van der Waals surface area (Å²) in [6, 6.07) is 10.4. The van der Waals surface area contributed by atoms with Gasteiger partial charge in [0.1, 0.15) is 0 Å². The van der Waals surface area contributed by atoms with Crippen LogP contribution < -0.4 is 0 Å². The van der Waals surface area contributed by atoms with E-state index < -0.39 is 0 Å². The molecule has 1 aliphatic heterocycles. The van der Waals surface area contributed by atoms with E-state index in [1.807, 2.05) is 22.7 Å². The predicted octanol–water partition coefficient (Wildman–Crippen LogP) is 2.22. The quantitative estimate of drug-likeness (QED) is 0.829. The van der Waals surface area contributed by atoms with Crippen LogP contribution >= 0.6 is 11.8 Å². The van der Waals surface area contributed by atoms with Gasteiger partial charge in [0.25, 0.3) is 0 Å². The highest BCUT2D eigenvalue weighted by molar-refractivity contribution is 7.99. The average molecular weight is 337 g/mol. The van der Waals surface area contributed by atoms with Crippen LogP contribution in [0.4, 0.5) is 0 Å². The summed E-state index contributed by atoms with van der Waals surface area (Å²) in [5.74, 6) is 1.19. The lowest BCUT2D eigenvalue weighted by atomic mass is 10.1. The number of β-amino-alcohol motifs (C(OH)–C–C–N with tert-alkyl or cyclic N) is 1. The highest BCUT2D eigenvalue weighted by atomic mass is 32.2. The van der Waals surface area contributed by atoms with Crippen molar-refractivity contribution in [3.63, 3.8) is 0 Å². The molecule has 1 aromatic carbocycles. The molecule has 4 nitrogen and oxygen atoms in total. The maximum Gasteiger partial charge on any atom is 0.224 e. The SMILES string of the molecule is CC(C)(CC(=O)N1CCN(CCO)CC1)SCc1ccccc1. The zero-order valence-corrected chi connectivity index (χ0v) is 15.0. The van der Waals surface area contributed by atoms with E-state index in [1.165, 1.54) is 5.56 Å². The molecule has 1 fully saturated rings. The van der Waals surface area contributed by atoms with Crippen molar-refractivity contribution in [3.05, 3.63) is 35.9 Å². The molecule has 0 aromatic heterocycles. The molecular weight excluding hydrogens is 308 g/mol. The smallest absolute Gasteiger partial charge is 0.224 e. The molecule has 0 radical (unpaired) electrons. The molecule has 0 saturated carbocycles. The molecule has 5 heteroatoms. The number of carbonyl (C=O) groups is 1. The van der Waals surface area contributed by atoms with E-state index in [1.54, 1.807) is 0 Å². The zero-order valence-electron chi connectivity index (χ0n) is 14.2. The van der Waals surface area contributed by atoms with Gasteiger partial charge in [0.05, 0.1) is 6.61 Å². The molecule has 0 spiro atoms. The minimum Gasteiger partial charge on any atom is -0.395 e. The van der Waals surface area contributed by atoms with E-state index in [-0.39, 0.29) is 17.3 Å². The Morgan fingerprint density at radius 3 is 2.43 bits per heavy atom. The van der Waals surface area contributed by atoms with Crippen LogP contribution in [0.15, 0.2) is 30.3 Å². The molecule has 23 heavy (non-hydrogen) atoms. The maximum atomic E-state index is 12.5. The summed E-state index contributed by atoms with van der Waals surface area (Å²) in [7, 11) is 0. The number of aliphatic hydroxyl groups is 1. The third-order valence-electron chi connectivity index (χ3n) is 4.19. The number of rotatable bonds is 7. The molecule has 1 aliphatic rings. The van der Waals surface area contributed by atoms with Crippen LogP contribution in [0.2, 0.25) is 0 Å². The second-order valence-electron chi connectivity index (χ2n) is 6.66. The van der Waals surface area contributed by atoms with Crippen LogP contribution in [0.25, 0.3) is 0 Å². The van der Waals surface area contributed by atoms with Crippen molar-refractivity contribution in [2.45, 2.75) is 30.8 Å². The predicted molar refractivity (Wildman–Crippen MR) is 96.5 cm³/mol. The van der Waals surface area contributed by atoms with Gasteiger partial charge >= 0.3 is 0 Å². The number of amides is 1. The minimum absolute atomic E-state index is 0.0604. The molecular formula is C18H28N2O2S. The van der Waals surface area contributed by atoms with Crippen LogP contribution in [-0.4, -0.2) is 64.9 Å². The Morgan fingerprint density at radius 1 is 1.17 bits per heavy atom. The Kier molecular flexibility index (Phi) is 6.93. The first kappa shape index (κ1) is 18.3. The lowest BCUT2D eigenvalue weighted by Crippen LogP contribution is -2.50. The molecule has 1 N–H and O–H groups in total. The summed E-state index contributed by atoms with van der Waals surface area (Å²) in [5.41, 5.74) is 1.30. The summed E-state index contributed by atoms with van der Waals surface area (Å²) in [6.45, 7) is 8.49. The van der Waals surface area contributed by atoms with Gasteiger partial charge in [0.15, 0.2) is 0 Å². The van der Waals surface area contributed by atoms with Crippen molar-refractivity contribution in [2.75, 3.05) is 39.3 Å². The number of thioether (sulfide) groups is 1. The Balaban J connectivity index is 1.77. The Labute approximate surface area is 143 Å². The van der Waals surface area contributed by atoms with Crippen LogP contribution in [0.3, 0.4) is 0 Å². The summed E-state index contributed by atoms with van der Waals surface area (Å²) >= 11 is 1.84. The zero-order chi connectivity index (χ0) is 16.7. The Bertz CT molecular complexity index is 485. The number of benzene rings is 1. The third-order valence-corrected chi connectivity index (χ3v) is 5.59. The van der Waals surface area contributed by atoms with Gasteiger partial charge in [-0.2, -0.15) is 11.8 Å². The van der Waals surface area contributed by atoms with E-state index in [2.05, 4.69) is 43.0 Å². The normalized spacial score (nSPS) is 16.6. The molecule has 0 atom stereocenters. The highest BCUT2D eigenvalue weighted by Crippen LogP contribution is 2.31. The first-order valence-corrected chi connectivity index (χ1v) is 9.27. The van der Waals surface area contributed by atoms with Gasteiger partial charge in [-0.25, -0.2) is 0 Å². The van der Waals surface area contributed by atoms with Crippen LogP contribution in [0.1, 0.15) is 25.8 Å². The molecule has 1 saturated heterocycles. The van der Waals surface area contributed by atoms with E-state index in [0.29, 0.717) is 13.0 Å². The fourth-order valence-corrected chi connectivity index (χ4v) is 3.72. The second kappa shape index (κ2) is 8.71. The molecule has 128 valence electrons. The Hall–Kier alpha value is -1.04. The monoisotopic (exact) mass is 336 g/mol. The standard InChI is InChI=1S/C18H28N2O2S/c1-18(2,23-15-16-6-4-3-5-7-16)14-17(22)20-10-8-19(9-11-20)12-13-21/h3-7,21H,8-15H2,1-2H3. The lowest BCUT2D eigenvalue weighted by molar-refractivity contribution is -0.133. The van der Waals surface area contributed by atoms with Crippen LogP contribution in [0.5, 0.6) is 0 Å². The van der Waals surface area contributed by atoms with Gasteiger partial charge in [-0.05, 0) is 5.56 Å². The van der Waals surface area contributed by atoms with Gasteiger partial charge < -0.3 is 10.0 Å². The summed E-state index contributed by atoms with van der Waals surface area (Å²) in [4.78, 5) is 16.7. The molecule has 0 aliphatic carbocycles. The first-order chi connectivity index (χ1) is 11.0. The van der Waals surface area contributed by atoms with Gasteiger partial charge in [-0.1, -0.05) is 44.2 Å².